The molecule has 1 aliphatic carbocycles. The van der Waals surface area contributed by atoms with E-state index in [0.717, 1.165) is 32.2 Å². The fraction of sp³-hybridized carbons (Fsp3) is 0.929. The summed E-state index contributed by atoms with van der Waals surface area (Å²) in [5.74, 6) is 0.298. The number of rotatable bonds is 6. The van der Waals surface area contributed by atoms with Crippen LogP contribution >= 0.6 is 0 Å². The van der Waals surface area contributed by atoms with Gasteiger partial charge in [-0.3, -0.25) is 10.1 Å². The number of methoxy groups -OCH3 is 1. The molecule has 4 heteroatoms. The molecule has 1 fully saturated rings. The molecule has 0 aliphatic heterocycles. The number of carbonyl (C=O) groups excluding carboxylic acids is 1. The van der Waals surface area contributed by atoms with Crippen LogP contribution in [0.5, 0.6) is 0 Å². The molecule has 0 radical (unpaired) electrons. The fourth-order valence-corrected chi connectivity index (χ4v) is 3.10. The number of carbonyl (C=O) groups is 1. The Morgan fingerprint density at radius 3 is 2.67 bits per heavy atom. The molecule has 0 bridgehead atoms. The quantitative estimate of drug-likeness (QED) is 0.734. The van der Waals surface area contributed by atoms with E-state index in [9.17, 15) is 4.79 Å². The van der Waals surface area contributed by atoms with Gasteiger partial charge >= 0.3 is 5.97 Å². The Hall–Kier alpha value is -0.610. The van der Waals surface area contributed by atoms with Crippen molar-refractivity contribution >= 4 is 5.97 Å². The van der Waals surface area contributed by atoms with Crippen LogP contribution in [0.3, 0.4) is 0 Å². The van der Waals surface area contributed by atoms with Crippen molar-refractivity contribution in [3.63, 3.8) is 0 Å². The number of nitrogens with zero attached hydrogens (tertiary/aromatic N) is 1. The fourth-order valence-electron chi connectivity index (χ4n) is 3.10. The SMILES string of the molecule is COC(=O)C1(NC(C)C)CCCC1CCN(C)C. The lowest BCUT2D eigenvalue weighted by molar-refractivity contribution is -0.151. The minimum atomic E-state index is -0.459. The Balaban J connectivity index is 2.82. The van der Waals surface area contributed by atoms with Gasteiger partial charge in [-0.2, -0.15) is 0 Å². The van der Waals surface area contributed by atoms with Gasteiger partial charge in [0, 0.05) is 6.04 Å². The summed E-state index contributed by atoms with van der Waals surface area (Å²) in [6.45, 7) is 5.20. The smallest absolute Gasteiger partial charge is 0.326 e. The van der Waals surface area contributed by atoms with Crippen molar-refractivity contribution in [2.45, 2.75) is 51.1 Å². The first-order valence-corrected chi connectivity index (χ1v) is 6.93. The third kappa shape index (κ3) is 3.45. The molecule has 0 heterocycles. The summed E-state index contributed by atoms with van der Waals surface area (Å²) < 4.78 is 5.06. The van der Waals surface area contributed by atoms with E-state index in [4.69, 9.17) is 4.74 Å². The van der Waals surface area contributed by atoms with Crippen LogP contribution in [0.25, 0.3) is 0 Å². The molecule has 0 aromatic heterocycles. The Labute approximate surface area is 111 Å². The van der Waals surface area contributed by atoms with E-state index >= 15 is 0 Å². The second kappa shape index (κ2) is 6.53. The highest BCUT2D eigenvalue weighted by molar-refractivity contribution is 5.81. The van der Waals surface area contributed by atoms with Crippen LogP contribution in [-0.4, -0.2) is 50.2 Å². The van der Waals surface area contributed by atoms with Crippen molar-refractivity contribution in [2.24, 2.45) is 5.92 Å². The van der Waals surface area contributed by atoms with Gasteiger partial charge in [0.15, 0.2) is 0 Å². The van der Waals surface area contributed by atoms with Gasteiger partial charge in [0.1, 0.15) is 5.54 Å². The van der Waals surface area contributed by atoms with Gasteiger partial charge in [-0.05, 0) is 59.7 Å². The monoisotopic (exact) mass is 256 g/mol. The van der Waals surface area contributed by atoms with Crippen LogP contribution in [0, 0.1) is 5.92 Å². The zero-order valence-corrected chi connectivity index (χ0v) is 12.5. The van der Waals surface area contributed by atoms with Crippen molar-refractivity contribution in [2.75, 3.05) is 27.7 Å². The zero-order chi connectivity index (χ0) is 13.8. The molecule has 0 aromatic rings. The first-order valence-electron chi connectivity index (χ1n) is 6.93. The Morgan fingerprint density at radius 2 is 2.17 bits per heavy atom. The van der Waals surface area contributed by atoms with Crippen molar-refractivity contribution in [3.05, 3.63) is 0 Å². The topological polar surface area (TPSA) is 41.6 Å². The summed E-state index contributed by atoms with van der Waals surface area (Å²) in [7, 11) is 5.64. The normalized spacial score (nSPS) is 28.1. The minimum Gasteiger partial charge on any atom is -0.468 e. The predicted molar refractivity (Wildman–Crippen MR) is 73.5 cm³/mol. The second-order valence-electron chi connectivity index (χ2n) is 5.94. The standard InChI is InChI=1S/C14H28N2O2/c1-11(2)15-14(13(17)18-5)9-6-7-12(14)8-10-16(3)4/h11-12,15H,6-10H2,1-5H3. The molecular weight excluding hydrogens is 228 g/mol. The van der Waals surface area contributed by atoms with Crippen LogP contribution in [0.15, 0.2) is 0 Å². The van der Waals surface area contributed by atoms with Gasteiger partial charge in [0.25, 0.3) is 0 Å². The molecule has 1 saturated carbocycles. The highest BCUT2D eigenvalue weighted by Crippen LogP contribution is 2.39. The summed E-state index contributed by atoms with van der Waals surface area (Å²) in [5, 5.41) is 3.49. The van der Waals surface area contributed by atoms with Crippen LogP contribution in [-0.2, 0) is 9.53 Å². The van der Waals surface area contributed by atoms with Crippen LogP contribution in [0.1, 0.15) is 39.5 Å². The number of ether oxygens (including phenoxy) is 1. The number of nitrogens with one attached hydrogen (secondary N) is 1. The minimum absolute atomic E-state index is 0.0857. The molecule has 0 saturated heterocycles. The first-order chi connectivity index (χ1) is 8.42. The van der Waals surface area contributed by atoms with Gasteiger partial charge in [-0.1, -0.05) is 6.42 Å². The summed E-state index contributed by atoms with van der Waals surface area (Å²) in [6.07, 6.45) is 4.16. The van der Waals surface area contributed by atoms with Crippen LogP contribution in [0.4, 0.5) is 0 Å². The maximum atomic E-state index is 12.2. The van der Waals surface area contributed by atoms with E-state index in [2.05, 4.69) is 38.2 Å². The molecule has 4 nitrogen and oxygen atoms in total. The van der Waals surface area contributed by atoms with Crippen LogP contribution in [0.2, 0.25) is 0 Å². The molecule has 2 unspecified atom stereocenters. The highest BCUT2D eigenvalue weighted by Gasteiger charge is 2.49. The molecule has 1 rings (SSSR count). The Kier molecular flexibility index (Phi) is 5.60. The van der Waals surface area contributed by atoms with Crippen molar-refractivity contribution in [1.29, 1.82) is 0 Å². The first kappa shape index (κ1) is 15.4. The van der Waals surface area contributed by atoms with E-state index in [1.54, 1.807) is 0 Å². The number of esters is 1. The second-order valence-corrected chi connectivity index (χ2v) is 5.94. The lowest BCUT2D eigenvalue weighted by Gasteiger charge is -2.36. The van der Waals surface area contributed by atoms with Gasteiger partial charge in [-0.15, -0.1) is 0 Å². The maximum absolute atomic E-state index is 12.2. The molecule has 2 atom stereocenters. The lowest BCUT2D eigenvalue weighted by Crippen LogP contribution is -2.58. The molecule has 0 aromatic carbocycles. The molecule has 0 amide bonds. The van der Waals surface area contributed by atoms with Gasteiger partial charge in [0.05, 0.1) is 7.11 Å². The van der Waals surface area contributed by atoms with Crippen molar-refractivity contribution < 1.29 is 9.53 Å². The predicted octanol–water partition coefficient (Wildman–Crippen LogP) is 1.65. The number of hydrogen-bond donors (Lipinski definition) is 1. The average Bonchev–Trinajstić information content (AvgIpc) is 2.68. The summed E-state index contributed by atoms with van der Waals surface area (Å²) in [4.78, 5) is 14.4. The summed E-state index contributed by atoms with van der Waals surface area (Å²) in [5.41, 5.74) is -0.459. The number of hydrogen-bond acceptors (Lipinski definition) is 4. The molecular formula is C14H28N2O2. The van der Waals surface area contributed by atoms with Crippen molar-refractivity contribution in [1.82, 2.24) is 10.2 Å². The Bertz CT molecular complexity index is 279. The summed E-state index contributed by atoms with van der Waals surface area (Å²) in [6, 6.07) is 0.295. The largest absolute Gasteiger partial charge is 0.468 e. The van der Waals surface area contributed by atoms with Gasteiger partial charge < -0.3 is 9.64 Å². The van der Waals surface area contributed by atoms with E-state index in [1.807, 2.05) is 0 Å². The van der Waals surface area contributed by atoms with E-state index in [0.29, 0.717) is 12.0 Å². The summed E-state index contributed by atoms with van der Waals surface area (Å²) >= 11 is 0. The van der Waals surface area contributed by atoms with Crippen LogP contribution < -0.4 is 5.32 Å². The van der Waals surface area contributed by atoms with Crippen molar-refractivity contribution in [3.8, 4) is 0 Å². The molecule has 1 N–H and O–H groups in total. The molecule has 106 valence electrons. The van der Waals surface area contributed by atoms with Gasteiger partial charge in [-0.25, -0.2) is 0 Å². The molecule has 0 spiro atoms. The van der Waals surface area contributed by atoms with E-state index < -0.39 is 5.54 Å². The average molecular weight is 256 g/mol. The Morgan fingerprint density at radius 1 is 1.50 bits per heavy atom. The van der Waals surface area contributed by atoms with Gasteiger partial charge in [0.2, 0.25) is 0 Å². The molecule has 18 heavy (non-hydrogen) atoms. The van der Waals surface area contributed by atoms with E-state index in [1.165, 1.54) is 7.11 Å². The van der Waals surface area contributed by atoms with E-state index in [-0.39, 0.29) is 5.97 Å². The maximum Gasteiger partial charge on any atom is 0.326 e. The zero-order valence-electron chi connectivity index (χ0n) is 12.5. The lowest BCUT2D eigenvalue weighted by atomic mass is 9.83. The third-order valence-electron chi connectivity index (χ3n) is 3.84. The third-order valence-corrected chi connectivity index (χ3v) is 3.84. The highest BCUT2D eigenvalue weighted by atomic mass is 16.5. The molecule has 1 aliphatic rings.